The van der Waals surface area contributed by atoms with Gasteiger partial charge >= 0.3 is 0 Å². The van der Waals surface area contributed by atoms with Gasteiger partial charge in [-0.2, -0.15) is 4.98 Å². The molecule has 1 aliphatic heterocycles. The van der Waals surface area contributed by atoms with E-state index in [4.69, 9.17) is 9.26 Å². The molecule has 0 bridgehead atoms. The summed E-state index contributed by atoms with van der Waals surface area (Å²) in [5.41, 5.74) is 3.38. The third-order valence-electron chi connectivity index (χ3n) is 5.71. The quantitative estimate of drug-likeness (QED) is 0.405. The van der Waals surface area contributed by atoms with Gasteiger partial charge in [-0.05, 0) is 67.4 Å². The molecule has 1 aliphatic carbocycles. The lowest BCUT2D eigenvalue weighted by Gasteiger charge is -2.22. The summed E-state index contributed by atoms with van der Waals surface area (Å²) in [6.45, 7) is 0. The predicted octanol–water partition coefficient (Wildman–Crippen LogP) is 5.69. The highest BCUT2D eigenvalue weighted by Crippen LogP contribution is 2.46. The summed E-state index contributed by atoms with van der Waals surface area (Å²) in [6.07, 6.45) is 2.08. The molecule has 0 N–H and O–H groups in total. The number of carbonyl (C=O) groups is 1. The Morgan fingerprint density at radius 3 is 2.56 bits per heavy atom. The predicted molar refractivity (Wildman–Crippen MR) is 122 cm³/mol. The fourth-order valence-corrected chi connectivity index (χ4v) is 5.02. The van der Waals surface area contributed by atoms with E-state index in [0.29, 0.717) is 11.7 Å². The largest absolute Gasteiger partial charge is 0.497 e. The number of ether oxygens (including phenoxy) is 1. The highest BCUT2D eigenvalue weighted by Gasteiger charge is 2.38. The first-order valence-corrected chi connectivity index (χ1v) is 11.3. The van der Waals surface area contributed by atoms with Crippen molar-refractivity contribution in [3.8, 4) is 28.6 Å². The lowest BCUT2D eigenvalue weighted by molar-refractivity contribution is 0.0982. The molecule has 6 nitrogen and oxygen atoms in total. The van der Waals surface area contributed by atoms with Crippen LogP contribution in [0.5, 0.6) is 5.75 Å². The molecule has 4 aromatic rings. The third kappa shape index (κ3) is 3.26. The van der Waals surface area contributed by atoms with E-state index in [0.717, 1.165) is 50.8 Å². The molecule has 1 fully saturated rings. The number of hydrogen-bond acceptors (Lipinski definition) is 6. The number of fused-ring (bicyclic) bond motifs is 2. The molecule has 1 saturated carbocycles. The van der Waals surface area contributed by atoms with Crippen molar-refractivity contribution in [3.05, 3.63) is 72.3 Å². The van der Waals surface area contributed by atoms with Crippen LogP contribution in [-0.4, -0.2) is 29.2 Å². The maximum atomic E-state index is 13.3. The molecule has 3 aromatic carbocycles. The van der Waals surface area contributed by atoms with Gasteiger partial charge in [0.05, 0.1) is 18.4 Å². The van der Waals surface area contributed by atoms with Gasteiger partial charge in [-0.3, -0.25) is 4.79 Å². The molecule has 0 atom stereocenters. The van der Waals surface area contributed by atoms with E-state index in [1.54, 1.807) is 18.9 Å². The molecule has 7 heteroatoms. The number of hydrogen-bond donors (Lipinski definition) is 0. The Morgan fingerprint density at radius 2 is 1.78 bits per heavy atom. The highest BCUT2D eigenvalue weighted by molar-refractivity contribution is 7.99. The van der Waals surface area contributed by atoms with Crippen molar-refractivity contribution in [2.45, 2.75) is 28.7 Å². The first kappa shape index (κ1) is 19.1. The molecular weight excluding hydrogens is 422 g/mol. The summed E-state index contributed by atoms with van der Waals surface area (Å²) in [5, 5.41) is 4.20. The second kappa shape index (κ2) is 7.53. The smallest absolute Gasteiger partial charge is 0.259 e. The Hall–Kier alpha value is -3.58. The van der Waals surface area contributed by atoms with Crippen molar-refractivity contribution < 1.29 is 14.1 Å². The summed E-state index contributed by atoms with van der Waals surface area (Å²) < 4.78 is 10.7. The fourth-order valence-electron chi connectivity index (χ4n) is 3.91. The zero-order chi connectivity index (χ0) is 21.7. The maximum Gasteiger partial charge on any atom is 0.259 e. The number of benzene rings is 3. The number of methoxy groups -OCH3 is 1. The molecule has 6 rings (SSSR count). The van der Waals surface area contributed by atoms with Crippen LogP contribution in [0, 0.1) is 0 Å². The van der Waals surface area contributed by atoms with E-state index in [-0.39, 0.29) is 11.9 Å². The van der Waals surface area contributed by atoms with Crippen molar-refractivity contribution in [3.63, 3.8) is 0 Å². The third-order valence-corrected chi connectivity index (χ3v) is 6.83. The van der Waals surface area contributed by atoms with E-state index in [2.05, 4.69) is 10.1 Å². The van der Waals surface area contributed by atoms with Crippen molar-refractivity contribution in [1.82, 2.24) is 10.1 Å². The van der Waals surface area contributed by atoms with E-state index in [1.807, 2.05) is 71.6 Å². The van der Waals surface area contributed by atoms with E-state index in [1.165, 1.54) is 0 Å². The van der Waals surface area contributed by atoms with Crippen molar-refractivity contribution in [2.24, 2.45) is 0 Å². The summed E-state index contributed by atoms with van der Waals surface area (Å²) in [7, 11) is 1.63. The molecule has 0 saturated heterocycles. The molecule has 1 aromatic heterocycles. The molecule has 1 amide bonds. The van der Waals surface area contributed by atoms with Crippen LogP contribution in [0.15, 0.2) is 81.0 Å². The van der Waals surface area contributed by atoms with Gasteiger partial charge in [-0.1, -0.05) is 29.1 Å². The zero-order valence-corrected chi connectivity index (χ0v) is 18.1. The van der Waals surface area contributed by atoms with E-state index in [9.17, 15) is 4.79 Å². The van der Waals surface area contributed by atoms with E-state index < -0.39 is 0 Å². The number of aromatic nitrogens is 2. The number of rotatable bonds is 4. The Labute approximate surface area is 189 Å². The van der Waals surface area contributed by atoms with Gasteiger partial charge in [0.2, 0.25) is 5.82 Å². The Bertz CT molecular complexity index is 1330. The SMILES string of the molecule is COc1ccc(-c2nc(-c3ccc4c(c3)Sc3ccccc3C(=O)N4C3CC3)no2)cc1. The fraction of sp³-hybridized carbons (Fsp3) is 0.160. The van der Waals surface area contributed by atoms with Crippen molar-refractivity contribution >= 4 is 23.4 Å². The average Bonchev–Trinajstić information content (AvgIpc) is 3.56. The standard InChI is InChI=1S/C25H19N3O3S/c1-30-18-11-6-15(7-12-18)24-26-23(27-31-24)16-8-13-20-22(14-16)32-21-5-3-2-4-19(21)25(29)28(20)17-9-10-17/h2-8,11-14,17H,9-10H2,1H3. The lowest BCUT2D eigenvalue weighted by Crippen LogP contribution is -2.32. The van der Waals surface area contributed by atoms with Crippen LogP contribution in [0.4, 0.5) is 5.69 Å². The second-order valence-corrected chi connectivity index (χ2v) is 8.92. The van der Waals surface area contributed by atoms with Gasteiger partial charge in [0.15, 0.2) is 0 Å². The molecule has 32 heavy (non-hydrogen) atoms. The molecular formula is C25H19N3O3S. The molecule has 2 aliphatic rings. The minimum atomic E-state index is 0.0726. The zero-order valence-electron chi connectivity index (χ0n) is 17.3. The second-order valence-electron chi connectivity index (χ2n) is 7.84. The summed E-state index contributed by atoms with van der Waals surface area (Å²) >= 11 is 1.61. The molecule has 158 valence electrons. The van der Waals surface area contributed by atoms with Gasteiger partial charge in [0.1, 0.15) is 5.75 Å². The van der Waals surface area contributed by atoms with Gasteiger partial charge < -0.3 is 14.2 Å². The van der Waals surface area contributed by atoms with Gasteiger partial charge in [0.25, 0.3) is 11.8 Å². The van der Waals surface area contributed by atoms with Crippen LogP contribution in [0.25, 0.3) is 22.8 Å². The van der Waals surface area contributed by atoms with Crippen LogP contribution >= 0.6 is 11.8 Å². The molecule has 0 spiro atoms. The number of anilines is 1. The molecule has 0 unspecified atom stereocenters. The van der Waals surface area contributed by atoms with Crippen LogP contribution in [-0.2, 0) is 0 Å². The van der Waals surface area contributed by atoms with Gasteiger partial charge in [-0.25, -0.2) is 0 Å². The maximum absolute atomic E-state index is 13.3. The van der Waals surface area contributed by atoms with Gasteiger partial charge in [-0.15, -0.1) is 0 Å². The van der Waals surface area contributed by atoms with Crippen LogP contribution in [0.2, 0.25) is 0 Å². The molecule has 0 radical (unpaired) electrons. The van der Waals surface area contributed by atoms with Gasteiger partial charge in [0, 0.05) is 27.0 Å². The highest BCUT2D eigenvalue weighted by atomic mass is 32.2. The van der Waals surface area contributed by atoms with Crippen molar-refractivity contribution in [1.29, 1.82) is 0 Å². The lowest BCUT2D eigenvalue weighted by atomic mass is 10.1. The Kier molecular flexibility index (Phi) is 4.50. The topological polar surface area (TPSA) is 68.5 Å². The van der Waals surface area contributed by atoms with Crippen molar-refractivity contribution in [2.75, 3.05) is 12.0 Å². The summed E-state index contributed by atoms with van der Waals surface area (Å²) in [4.78, 5) is 21.8. The monoisotopic (exact) mass is 441 g/mol. The Balaban J connectivity index is 1.39. The minimum absolute atomic E-state index is 0.0726. The summed E-state index contributed by atoms with van der Waals surface area (Å²) in [6, 6.07) is 21.6. The van der Waals surface area contributed by atoms with E-state index >= 15 is 0 Å². The number of nitrogens with zero attached hydrogens (tertiary/aromatic N) is 3. The molecule has 2 heterocycles. The minimum Gasteiger partial charge on any atom is -0.497 e. The van der Waals surface area contributed by atoms with Crippen LogP contribution in [0.3, 0.4) is 0 Å². The Morgan fingerprint density at radius 1 is 1.00 bits per heavy atom. The first-order valence-electron chi connectivity index (χ1n) is 10.4. The summed E-state index contributed by atoms with van der Waals surface area (Å²) in [5.74, 6) is 1.81. The number of amides is 1. The van der Waals surface area contributed by atoms with Crippen LogP contribution < -0.4 is 9.64 Å². The first-order chi connectivity index (χ1) is 15.7. The normalized spacial score (nSPS) is 15.2. The number of carbonyl (C=O) groups excluding carboxylic acids is 1. The average molecular weight is 442 g/mol. The van der Waals surface area contributed by atoms with Crippen LogP contribution in [0.1, 0.15) is 23.2 Å².